The Labute approximate surface area is 209 Å². The third kappa shape index (κ3) is 7.49. The van der Waals surface area contributed by atoms with Crippen LogP contribution in [0.25, 0.3) is 0 Å². The van der Waals surface area contributed by atoms with Crippen LogP contribution in [0.4, 0.5) is 4.39 Å². The third-order valence-corrected chi connectivity index (χ3v) is 5.41. The van der Waals surface area contributed by atoms with Crippen molar-refractivity contribution in [2.75, 3.05) is 39.8 Å². The van der Waals surface area contributed by atoms with E-state index in [0.717, 1.165) is 37.7 Å². The summed E-state index contributed by atoms with van der Waals surface area (Å²) in [5.41, 5.74) is 6.66. The van der Waals surface area contributed by atoms with Crippen molar-refractivity contribution in [2.24, 2.45) is 10.7 Å². The van der Waals surface area contributed by atoms with Gasteiger partial charge in [0, 0.05) is 56.9 Å². The Bertz CT molecular complexity index is 918. The fourth-order valence-electron chi connectivity index (χ4n) is 3.44. The van der Waals surface area contributed by atoms with E-state index in [1.54, 1.807) is 25.2 Å². The van der Waals surface area contributed by atoms with Crippen LogP contribution in [-0.4, -0.2) is 61.5 Å². The fraction of sp³-hybridized carbons (Fsp3) is 0.364. The van der Waals surface area contributed by atoms with Crippen molar-refractivity contribution in [2.45, 2.75) is 13.1 Å². The highest BCUT2D eigenvalue weighted by Gasteiger charge is 2.21. The molecule has 1 amide bonds. The van der Waals surface area contributed by atoms with Gasteiger partial charge in [-0.1, -0.05) is 29.8 Å². The molecule has 10 heteroatoms. The summed E-state index contributed by atoms with van der Waals surface area (Å²) in [7, 11) is 1.75. The highest BCUT2D eigenvalue weighted by Crippen LogP contribution is 2.21. The van der Waals surface area contributed by atoms with Crippen LogP contribution >= 0.6 is 35.6 Å². The highest BCUT2D eigenvalue weighted by molar-refractivity contribution is 14.0. The molecule has 0 unspecified atom stereocenters. The lowest BCUT2D eigenvalue weighted by atomic mass is 10.2. The number of amides is 1. The van der Waals surface area contributed by atoms with Gasteiger partial charge < -0.3 is 20.7 Å². The Hall–Kier alpha value is -2.11. The molecule has 1 fully saturated rings. The van der Waals surface area contributed by atoms with Gasteiger partial charge in [-0.3, -0.25) is 14.7 Å². The van der Waals surface area contributed by atoms with Crippen LogP contribution < -0.4 is 15.8 Å². The van der Waals surface area contributed by atoms with E-state index < -0.39 is 5.91 Å². The van der Waals surface area contributed by atoms with Gasteiger partial charge in [-0.05, 0) is 29.8 Å². The molecule has 174 valence electrons. The molecule has 0 atom stereocenters. The highest BCUT2D eigenvalue weighted by atomic mass is 127. The summed E-state index contributed by atoms with van der Waals surface area (Å²) in [4.78, 5) is 19.6. The smallest absolute Gasteiger partial charge is 0.255 e. The number of benzene rings is 2. The number of carbonyl (C=O) groups is 1. The second-order valence-electron chi connectivity index (χ2n) is 7.27. The van der Waals surface area contributed by atoms with E-state index in [4.69, 9.17) is 22.1 Å². The minimum Gasteiger partial charge on any atom is -0.484 e. The monoisotopic (exact) mass is 575 g/mol. The number of rotatable bonds is 7. The Morgan fingerprint density at radius 3 is 2.59 bits per heavy atom. The van der Waals surface area contributed by atoms with E-state index in [9.17, 15) is 9.18 Å². The molecule has 3 rings (SSSR count). The van der Waals surface area contributed by atoms with Crippen molar-refractivity contribution < 1.29 is 13.9 Å². The average Bonchev–Trinajstić information content (AvgIpc) is 2.76. The minimum atomic E-state index is -0.514. The zero-order chi connectivity index (χ0) is 22.2. The number of hydrogen-bond donors (Lipinski definition) is 2. The van der Waals surface area contributed by atoms with E-state index in [2.05, 4.69) is 20.1 Å². The molecule has 1 aliphatic heterocycles. The Morgan fingerprint density at radius 2 is 1.94 bits per heavy atom. The molecule has 0 aromatic heterocycles. The van der Waals surface area contributed by atoms with Crippen LogP contribution in [-0.2, 0) is 17.9 Å². The predicted molar refractivity (Wildman–Crippen MR) is 135 cm³/mol. The summed E-state index contributed by atoms with van der Waals surface area (Å²) < 4.78 is 19.4. The molecule has 7 nitrogen and oxygen atoms in total. The molecule has 1 heterocycles. The van der Waals surface area contributed by atoms with Crippen molar-refractivity contribution in [3.8, 4) is 5.75 Å². The van der Waals surface area contributed by atoms with Gasteiger partial charge in [0.1, 0.15) is 11.6 Å². The van der Waals surface area contributed by atoms with Crippen LogP contribution in [0, 0.1) is 5.82 Å². The van der Waals surface area contributed by atoms with Crippen molar-refractivity contribution in [3.05, 3.63) is 64.4 Å². The maximum atomic E-state index is 14.1. The molecule has 0 radical (unpaired) electrons. The number of aliphatic imine (C=N–C) groups is 1. The number of ether oxygens (including phenoxy) is 1. The first kappa shape index (κ1) is 26.1. The number of hydrogen-bond acceptors (Lipinski definition) is 4. The minimum absolute atomic E-state index is 0. The first-order chi connectivity index (χ1) is 15.0. The fourth-order valence-corrected chi connectivity index (χ4v) is 3.66. The van der Waals surface area contributed by atoms with Gasteiger partial charge in [0.15, 0.2) is 12.6 Å². The van der Waals surface area contributed by atoms with E-state index in [1.165, 1.54) is 6.07 Å². The normalized spacial score (nSPS) is 14.6. The van der Waals surface area contributed by atoms with Crippen LogP contribution in [0.1, 0.15) is 11.1 Å². The standard InChI is InChI=1S/C22H27ClFN5O2.HI/c1-26-22(27-13-16-4-2-5-17(12-16)31-15-21(25)30)29-10-8-28(9-11-29)14-18-19(23)6-3-7-20(18)24;/h2-7,12H,8-11,13-15H2,1H3,(H2,25,30)(H,26,27);1H. The van der Waals surface area contributed by atoms with E-state index in [0.29, 0.717) is 29.4 Å². The molecule has 3 N–H and O–H groups in total. The lowest BCUT2D eigenvalue weighted by Crippen LogP contribution is -2.52. The second kappa shape index (κ2) is 12.8. The zero-order valence-corrected chi connectivity index (χ0v) is 21.0. The number of piperazine rings is 1. The molecule has 0 spiro atoms. The van der Waals surface area contributed by atoms with E-state index in [-0.39, 0.29) is 36.4 Å². The number of halogens is 3. The molecular weight excluding hydrogens is 548 g/mol. The number of guanidine groups is 1. The number of nitrogens with zero attached hydrogens (tertiary/aromatic N) is 3. The average molecular weight is 576 g/mol. The SMILES string of the molecule is CN=C(NCc1cccc(OCC(N)=O)c1)N1CCN(Cc2c(F)cccc2Cl)CC1.I. The summed E-state index contributed by atoms with van der Waals surface area (Å²) in [6.45, 7) is 4.00. The quantitative estimate of drug-likeness (QED) is 0.302. The van der Waals surface area contributed by atoms with E-state index >= 15 is 0 Å². The van der Waals surface area contributed by atoms with Gasteiger partial charge in [0.25, 0.3) is 5.91 Å². The molecule has 32 heavy (non-hydrogen) atoms. The van der Waals surface area contributed by atoms with Gasteiger partial charge in [-0.25, -0.2) is 4.39 Å². The third-order valence-electron chi connectivity index (χ3n) is 5.06. The van der Waals surface area contributed by atoms with Gasteiger partial charge in [0.05, 0.1) is 0 Å². The van der Waals surface area contributed by atoms with Gasteiger partial charge >= 0.3 is 0 Å². The Kier molecular flexibility index (Phi) is 10.5. The molecule has 1 aliphatic rings. The summed E-state index contributed by atoms with van der Waals surface area (Å²) in [5.74, 6) is 0.607. The van der Waals surface area contributed by atoms with Crippen molar-refractivity contribution in [1.29, 1.82) is 0 Å². The molecule has 0 aliphatic carbocycles. The zero-order valence-electron chi connectivity index (χ0n) is 17.9. The largest absolute Gasteiger partial charge is 0.484 e. The van der Waals surface area contributed by atoms with Crippen molar-refractivity contribution >= 4 is 47.4 Å². The van der Waals surface area contributed by atoms with Crippen LogP contribution in [0.15, 0.2) is 47.5 Å². The molecular formula is C22H28ClFIN5O2. The Balaban J connectivity index is 0.00000363. The van der Waals surface area contributed by atoms with E-state index in [1.807, 2.05) is 18.2 Å². The van der Waals surface area contributed by atoms with Crippen molar-refractivity contribution in [3.63, 3.8) is 0 Å². The number of primary amides is 1. The van der Waals surface area contributed by atoms with Gasteiger partial charge in [0.2, 0.25) is 0 Å². The molecule has 2 aromatic carbocycles. The molecule has 0 bridgehead atoms. The lowest BCUT2D eigenvalue weighted by Gasteiger charge is -2.36. The Morgan fingerprint density at radius 1 is 1.22 bits per heavy atom. The van der Waals surface area contributed by atoms with Gasteiger partial charge in [-0.15, -0.1) is 24.0 Å². The molecule has 2 aromatic rings. The lowest BCUT2D eigenvalue weighted by molar-refractivity contribution is -0.119. The maximum absolute atomic E-state index is 14.1. The van der Waals surface area contributed by atoms with Crippen LogP contribution in [0.5, 0.6) is 5.75 Å². The summed E-state index contributed by atoms with van der Waals surface area (Å²) in [5, 5.41) is 3.82. The summed E-state index contributed by atoms with van der Waals surface area (Å²) >= 11 is 6.16. The van der Waals surface area contributed by atoms with Crippen LogP contribution in [0.3, 0.4) is 0 Å². The predicted octanol–water partition coefficient (Wildman–Crippen LogP) is 2.85. The molecule has 0 saturated carbocycles. The number of nitrogens with two attached hydrogens (primary N) is 1. The second-order valence-corrected chi connectivity index (χ2v) is 7.67. The number of carbonyl (C=O) groups excluding carboxylic acids is 1. The maximum Gasteiger partial charge on any atom is 0.255 e. The first-order valence-electron chi connectivity index (χ1n) is 10.1. The number of nitrogens with one attached hydrogen (secondary N) is 1. The van der Waals surface area contributed by atoms with Crippen molar-refractivity contribution in [1.82, 2.24) is 15.1 Å². The summed E-state index contributed by atoms with van der Waals surface area (Å²) in [6, 6.07) is 12.2. The molecule has 1 saturated heterocycles. The van der Waals surface area contributed by atoms with Gasteiger partial charge in [-0.2, -0.15) is 0 Å². The first-order valence-corrected chi connectivity index (χ1v) is 10.4. The van der Waals surface area contributed by atoms with Crippen LogP contribution in [0.2, 0.25) is 5.02 Å². The summed E-state index contributed by atoms with van der Waals surface area (Å²) in [6.07, 6.45) is 0. The topological polar surface area (TPSA) is 83.2 Å².